The highest BCUT2D eigenvalue weighted by molar-refractivity contribution is 5.56. The van der Waals surface area contributed by atoms with E-state index < -0.39 is 0 Å². The topological polar surface area (TPSA) is 80.0 Å². The molecule has 1 aliphatic heterocycles. The van der Waals surface area contributed by atoms with Crippen molar-refractivity contribution in [3.05, 3.63) is 64.5 Å². The van der Waals surface area contributed by atoms with Crippen molar-refractivity contribution in [3.8, 4) is 11.3 Å². The molecule has 29 heavy (non-hydrogen) atoms. The maximum absolute atomic E-state index is 12.2. The average molecular weight is 391 g/mol. The smallest absolute Gasteiger partial charge is 0.266 e. The summed E-state index contributed by atoms with van der Waals surface area (Å²) in [5.41, 5.74) is 3.65. The summed E-state index contributed by atoms with van der Waals surface area (Å²) >= 11 is 0. The van der Waals surface area contributed by atoms with Crippen LogP contribution in [0.3, 0.4) is 0 Å². The molecule has 0 spiro atoms. The van der Waals surface area contributed by atoms with E-state index in [0.717, 1.165) is 61.3 Å². The Balaban J connectivity index is 1.36. The first-order chi connectivity index (χ1) is 14.1. The molecule has 150 valence electrons. The van der Waals surface area contributed by atoms with Gasteiger partial charge in [-0.05, 0) is 38.1 Å². The lowest BCUT2D eigenvalue weighted by Crippen LogP contribution is -2.48. The van der Waals surface area contributed by atoms with Crippen LogP contribution >= 0.6 is 0 Å². The fourth-order valence-corrected chi connectivity index (χ4v) is 3.54. The number of rotatable bonds is 5. The van der Waals surface area contributed by atoms with Crippen LogP contribution in [0.5, 0.6) is 0 Å². The highest BCUT2D eigenvalue weighted by Gasteiger charge is 2.19. The first-order valence-electron chi connectivity index (χ1n) is 9.87. The third-order valence-corrected chi connectivity index (χ3v) is 5.10. The van der Waals surface area contributed by atoms with Crippen LogP contribution < -0.4 is 10.5 Å². The number of hydrogen-bond donors (Lipinski definition) is 0. The van der Waals surface area contributed by atoms with E-state index in [1.807, 2.05) is 32.0 Å². The Hall–Kier alpha value is -3.13. The first-order valence-corrected chi connectivity index (χ1v) is 9.87. The normalized spacial score (nSPS) is 14.9. The fraction of sp³-hybridized carbons (Fsp3) is 0.381. The lowest BCUT2D eigenvalue weighted by atomic mass is 10.2. The molecule has 1 aliphatic rings. The lowest BCUT2D eigenvalue weighted by molar-refractivity contribution is 0.242. The van der Waals surface area contributed by atoms with E-state index in [4.69, 9.17) is 0 Å². The van der Waals surface area contributed by atoms with Gasteiger partial charge in [-0.1, -0.05) is 0 Å². The van der Waals surface area contributed by atoms with Gasteiger partial charge in [-0.3, -0.25) is 14.7 Å². The van der Waals surface area contributed by atoms with Gasteiger partial charge in [0.1, 0.15) is 0 Å². The van der Waals surface area contributed by atoms with Crippen molar-refractivity contribution < 1.29 is 0 Å². The van der Waals surface area contributed by atoms with Gasteiger partial charge in [0.15, 0.2) is 0 Å². The zero-order valence-electron chi connectivity index (χ0n) is 16.8. The zero-order chi connectivity index (χ0) is 20.2. The van der Waals surface area contributed by atoms with Crippen LogP contribution in [0.15, 0.2) is 47.5 Å². The molecule has 1 fully saturated rings. The van der Waals surface area contributed by atoms with Crippen LogP contribution in [-0.2, 0) is 6.54 Å². The summed E-state index contributed by atoms with van der Waals surface area (Å²) in [7, 11) is 0. The molecule has 0 radical (unpaired) electrons. The molecular weight excluding hydrogens is 366 g/mol. The van der Waals surface area contributed by atoms with E-state index in [0.29, 0.717) is 6.54 Å². The van der Waals surface area contributed by atoms with Crippen molar-refractivity contribution in [1.29, 1.82) is 0 Å². The number of pyridine rings is 1. The SMILES string of the molecule is Cc1cc(C)nc(N2CCN(CCn3nc(-c4ccncc4)ccc3=O)CC2)n1. The van der Waals surface area contributed by atoms with Gasteiger partial charge >= 0.3 is 0 Å². The Labute approximate surface area is 169 Å². The van der Waals surface area contributed by atoms with Crippen molar-refractivity contribution in [2.45, 2.75) is 20.4 Å². The highest BCUT2D eigenvalue weighted by Crippen LogP contribution is 2.14. The van der Waals surface area contributed by atoms with Gasteiger partial charge in [-0.2, -0.15) is 5.10 Å². The van der Waals surface area contributed by atoms with Gasteiger partial charge in [0.25, 0.3) is 5.56 Å². The molecule has 0 saturated carbocycles. The maximum atomic E-state index is 12.2. The summed E-state index contributed by atoms with van der Waals surface area (Å²) in [5.74, 6) is 0.810. The van der Waals surface area contributed by atoms with Gasteiger partial charge in [0.05, 0.1) is 12.2 Å². The summed E-state index contributed by atoms with van der Waals surface area (Å²) in [6.45, 7) is 8.93. The molecule has 4 rings (SSSR count). The molecule has 0 aliphatic carbocycles. The second-order valence-corrected chi connectivity index (χ2v) is 7.30. The minimum absolute atomic E-state index is 0.0786. The molecule has 0 atom stereocenters. The fourth-order valence-electron chi connectivity index (χ4n) is 3.54. The number of nitrogens with zero attached hydrogens (tertiary/aromatic N) is 7. The van der Waals surface area contributed by atoms with Crippen molar-refractivity contribution in [1.82, 2.24) is 29.6 Å². The second kappa shape index (κ2) is 8.48. The van der Waals surface area contributed by atoms with Crippen molar-refractivity contribution >= 4 is 5.95 Å². The van der Waals surface area contributed by atoms with Crippen LogP contribution in [0.1, 0.15) is 11.4 Å². The number of aryl methyl sites for hydroxylation is 2. The maximum Gasteiger partial charge on any atom is 0.266 e. The second-order valence-electron chi connectivity index (χ2n) is 7.30. The Morgan fingerprint density at radius 3 is 2.28 bits per heavy atom. The Morgan fingerprint density at radius 2 is 1.59 bits per heavy atom. The van der Waals surface area contributed by atoms with Gasteiger partial charge in [0.2, 0.25) is 5.95 Å². The predicted molar refractivity (Wildman–Crippen MR) is 112 cm³/mol. The molecule has 4 heterocycles. The summed E-state index contributed by atoms with van der Waals surface area (Å²) in [4.78, 5) is 30.0. The van der Waals surface area contributed by atoms with E-state index in [-0.39, 0.29) is 5.56 Å². The highest BCUT2D eigenvalue weighted by atomic mass is 16.1. The third-order valence-electron chi connectivity index (χ3n) is 5.10. The molecule has 3 aromatic heterocycles. The minimum atomic E-state index is -0.0786. The molecule has 8 heteroatoms. The molecular formula is C21H25N7O. The first kappa shape index (κ1) is 19.2. The summed E-state index contributed by atoms with van der Waals surface area (Å²) < 4.78 is 1.55. The largest absolute Gasteiger partial charge is 0.338 e. The van der Waals surface area contributed by atoms with Crippen LogP contribution in [0, 0.1) is 13.8 Å². The number of piperazine rings is 1. The van der Waals surface area contributed by atoms with E-state index in [1.54, 1.807) is 29.2 Å². The van der Waals surface area contributed by atoms with Crippen LogP contribution in [0.2, 0.25) is 0 Å². The van der Waals surface area contributed by atoms with Crippen molar-refractivity contribution in [3.63, 3.8) is 0 Å². The van der Waals surface area contributed by atoms with Gasteiger partial charge in [-0.25, -0.2) is 14.6 Å². The average Bonchev–Trinajstić information content (AvgIpc) is 2.73. The van der Waals surface area contributed by atoms with Gasteiger partial charge in [-0.15, -0.1) is 0 Å². The standard InChI is InChI=1S/C21H25N7O/c1-16-15-17(2)24-21(23-16)27-12-9-26(10-13-27)11-14-28-20(29)4-3-19(25-28)18-5-7-22-8-6-18/h3-8,15H,9-14H2,1-2H3. The molecule has 0 amide bonds. The monoisotopic (exact) mass is 391 g/mol. The Bertz CT molecular complexity index is 1010. The van der Waals surface area contributed by atoms with Gasteiger partial charge in [0, 0.05) is 68.1 Å². The number of hydrogen-bond acceptors (Lipinski definition) is 7. The molecule has 0 aromatic carbocycles. The zero-order valence-corrected chi connectivity index (χ0v) is 16.8. The summed E-state index contributed by atoms with van der Waals surface area (Å²) in [6.07, 6.45) is 3.46. The van der Waals surface area contributed by atoms with Crippen molar-refractivity contribution in [2.75, 3.05) is 37.6 Å². The number of aromatic nitrogens is 5. The molecule has 8 nitrogen and oxygen atoms in total. The van der Waals surface area contributed by atoms with Crippen LogP contribution in [0.25, 0.3) is 11.3 Å². The van der Waals surface area contributed by atoms with E-state index >= 15 is 0 Å². The lowest BCUT2D eigenvalue weighted by Gasteiger charge is -2.34. The van der Waals surface area contributed by atoms with E-state index in [1.165, 1.54) is 0 Å². The Kier molecular flexibility index (Phi) is 5.62. The minimum Gasteiger partial charge on any atom is -0.338 e. The predicted octanol–water partition coefficient (Wildman–Crippen LogP) is 1.53. The molecule has 0 N–H and O–H groups in total. The molecule has 0 bridgehead atoms. The molecule has 0 unspecified atom stereocenters. The summed E-state index contributed by atoms with van der Waals surface area (Å²) in [6, 6.07) is 9.12. The van der Waals surface area contributed by atoms with Crippen LogP contribution in [0.4, 0.5) is 5.95 Å². The quantitative estimate of drug-likeness (QED) is 0.653. The van der Waals surface area contributed by atoms with E-state index in [9.17, 15) is 4.79 Å². The van der Waals surface area contributed by atoms with Crippen LogP contribution in [-0.4, -0.2) is 62.4 Å². The number of anilines is 1. The molecule has 3 aromatic rings. The van der Waals surface area contributed by atoms with Gasteiger partial charge < -0.3 is 4.90 Å². The summed E-state index contributed by atoms with van der Waals surface area (Å²) in [5, 5.41) is 4.53. The third kappa shape index (κ3) is 4.65. The molecule has 1 saturated heterocycles. The Morgan fingerprint density at radius 1 is 0.897 bits per heavy atom. The van der Waals surface area contributed by atoms with Crippen molar-refractivity contribution in [2.24, 2.45) is 0 Å². The van der Waals surface area contributed by atoms with E-state index in [2.05, 4.69) is 29.9 Å².